The summed E-state index contributed by atoms with van der Waals surface area (Å²) in [7, 11) is 0. The Bertz CT molecular complexity index is 1430. The van der Waals surface area contributed by atoms with Gasteiger partial charge in [0.1, 0.15) is 11.0 Å². The Labute approximate surface area is 184 Å². The molecule has 0 aliphatic rings. The number of aromatic hydroxyl groups is 1. The number of aromatic nitrogens is 3. The van der Waals surface area contributed by atoms with E-state index in [-0.39, 0.29) is 12.1 Å². The second-order valence-electron chi connectivity index (χ2n) is 6.46. The molecule has 0 amide bonds. The van der Waals surface area contributed by atoms with Crippen LogP contribution in [-0.2, 0) is 13.0 Å². The molecule has 154 valence electrons. The van der Waals surface area contributed by atoms with Crippen molar-refractivity contribution < 1.29 is 5.11 Å². The standard InChI is InChI=1S/C21H15N5O3S2/c22-12-30-14-6-7-16-17(10-14)31-20(24-16)23-11-15-18(27)25-21(29)26(19(15)28)9-8-13-4-2-1-3-5-13/h1-7,10-11,28H,8-9H2,(H,25,27,29). The van der Waals surface area contributed by atoms with E-state index in [1.54, 1.807) is 12.1 Å². The van der Waals surface area contributed by atoms with Crippen LogP contribution >= 0.6 is 23.1 Å². The van der Waals surface area contributed by atoms with Crippen molar-refractivity contribution in [1.82, 2.24) is 14.5 Å². The van der Waals surface area contributed by atoms with Gasteiger partial charge in [0, 0.05) is 17.7 Å². The van der Waals surface area contributed by atoms with Gasteiger partial charge >= 0.3 is 5.69 Å². The molecule has 0 aliphatic heterocycles. The van der Waals surface area contributed by atoms with Crippen molar-refractivity contribution in [3.05, 3.63) is 80.5 Å². The Balaban J connectivity index is 1.62. The van der Waals surface area contributed by atoms with E-state index >= 15 is 0 Å². The summed E-state index contributed by atoms with van der Waals surface area (Å²) in [5, 5.41) is 21.8. The first-order valence-electron chi connectivity index (χ1n) is 9.16. The molecule has 0 radical (unpaired) electrons. The smallest absolute Gasteiger partial charge is 0.331 e. The maximum Gasteiger partial charge on any atom is 0.331 e. The predicted molar refractivity (Wildman–Crippen MR) is 121 cm³/mol. The minimum absolute atomic E-state index is 0.118. The van der Waals surface area contributed by atoms with Crippen molar-refractivity contribution >= 4 is 44.7 Å². The molecule has 0 aliphatic carbocycles. The van der Waals surface area contributed by atoms with E-state index < -0.39 is 17.1 Å². The average molecular weight is 450 g/mol. The summed E-state index contributed by atoms with van der Waals surface area (Å²) < 4.78 is 1.96. The van der Waals surface area contributed by atoms with E-state index in [9.17, 15) is 14.7 Å². The molecule has 0 spiro atoms. The summed E-state index contributed by atoms with van der Waals surface area (Å²) in [4.78, 5) is 36.0. The number of thioether (sulfide) groups is 1. The van der Waals surface area contributed by atoms with Crippen LogP contribution in [0, 0.1) is 10.7 Å². The number of aliphatic imine (C=N–C) groups is 1. The van der Waals surface area contributed by atoms with Gasteiger partial charge in [-0.25, -0.2) is 14.8 Å². The molecular formula is C21H15N5O3S2. The van der Waals surface area contributed by atoms with Gasteiger partial charge in [0.25, 0.3) is 5.56 Å². The Kier molecular flexibility index (Phi) is 5.97. The predicted octanol–water partition coefficient (Wildman–Crippen LogP) is 3.42. The molecule has 0 fully saturated rings. The first kappa shape index (κ1) is 20.6. The van der Waals surface area contributed by atoms with Crippen LogP contribution < -0.4 is 11.2 Å². The van der Waals surface area contributed by atoms with Crippen molar-refractivity contribution in [1.29, 1.82) is 5.26 Å². The molecule has 0 saturated carbocycles. The fraction of sp³-hybridized carbons (Fsp3) is 0.0952. The Morgan fingerprint density at radius 3 is 2.84 bits per heavy atom. The molecule has 2 heterocycles. The summed E-state index contributed by atoms with van der Waals surface area (Å²) in [6.07, 6.45) is 1.72. The quantitative estimate of drug-likeness (QED) is 0.264. The summed E-state index contributed by atoms with van der Waals surface area (Å²) in [5.41, 5.74) is 0.186. The lowest BCUT2D eigenvalue weighted by molar-refractivity contribution is 0.399. The van der Waals surface area contributed by atoms with Crippen LogP contribution in [0.1, 0.15) is 11.1 Å². The van der Waals surface area contributed by atoms with E-state index in [0.29, 0.717) is 17.1 Å². The van der Waals surface area contributed by atoms with Crippen LogP contribution in [0.2, 0.25) is 0 Å². The maximum atomic E-state index is 12.2. The van der Waals surface area contributed by atoms with Crippen molar-refractivity contribution in [2.45, 2.75) is 17.9 Å². The second-order valence-corrected chi connectivity index (χ2v) is 8.33. The lowest BCUT2D eigenvalue weighted by Crippen LogP contribution is -2.32. The lowest BCUT2D eigenvalue weighted by atomic mass is 10.1. The third kappa shape index (κ3) is 4.58. The van der Waals surface area contributed by atoms with Crippen LogP contribution in [0.3, 0.4) is 0 Å². The summed E-state index contributed by atoms with van der Waals surface area (Å²) in [6, 6.07) is 14.9. The molecule has 10 heteroatoms. The first-order valence-corrected chi connectivity index (χ1v) is 10.8. The number of nitrogens with zero attached hydrogens (tertiary/aromatic N) is 4. The lowest BCUT2D eigenvalue weighted by Gasteiger charge is -2.09. The van der Waals surface area contributed by atoms with Crippen LogP contribution in [0.5, 0.6) is 5.88 Å². The van der Waals surface area contributed by atoms with Crippen molar-refractivity contribution in [3.8, 4) is 11.3 Å². The van der Waals surface area contributed by atoms with Crippen LogP contribution in [-0.4, -0.2) is 25.9 Å². The van der Waals surface area contributed by atoms with E-state index in [2.05, 4.69) is 15.0 Å². The Hall–Kier alpha value is -3.68. The summed E-state index contributed by atoms with van der Waals surface area (Å²) in [5.74, 6) is -0.442. The number of aryl methyl sites for hydroxylation is 1. The number of hydrogen-bond acceptors (Lipinski definition) is 8. The number of hydrogen-bond donors (Lipinski definition) is 2. The fourth-order valence-electron chi connectivity index (χ4n) is 2.97. The SMILES string of the molecule is N#CSc1ccc2nc(N=Cc3c(O)n(CCc4ccccc4)c(=O)[nH]c3=O)sc2c1. The van der Waals surface area contributed by atoms with Gasteiger partial charge in [-0.1, -0.05) is 41.7 Å². The summed E-state index contributed by atoms with van der Waals surface area (Å²) in [6.45, 7) is 0.201. The number of fused-ring (bicyclic) bond motifs is 1. The topological polar surface area (TPSA) is 124 Å². The average Bonchev–Trinajstić information content (AvgIpc) is 3.16. The van der Waals surface area contributed by atoms with Gasteiger partial charge in [-0.2, -0.15) is 5.26 Å². The highest BCUT2D eigenvalue weighted by Gasteiger charge is 2.13. The van der Waals surface area contributed by atoms with E-state index in [1.165, 1.54) is 17.6 Å². The fourth-order valence-corrected chi connectivity index (χ4v) is 4.31. The van der Waals surface area contributed by atoms with Crippen LogP contribution in [0.15, 0.2) is 68.0 Å². The van der Waals surface area contributed by atoms with Gasteiger partial charge in [-0.3, -0.25) is 14.3 Å². The highest BCUT2D eigenvalue weighted by atomic mass is 32.2. The number of nitriles is 1. The Morgan fingerprint density at radius 2 is 2.06 bits per heavy atom. The Morgan fingerprint density at radius 1 is 1.26 bits per heavy atom. The highest BCUT2D eigenvalue weighted by molar-refractivity contribution is 8.03. The zero-order valence-electron chi connectivity index (χ0n) is 16.0. The molecular weight excluding hydrogens is 434 g/mol. The molecule has 4 rings (SSSR count). The van der Waals surface area contributed by atoms with Crippen LogP contribution in [0.25, 0.3) is 10.2 Å². The third-order valence-electron chi connectivity index (χ3n) is 4.49. The van der Waals surface area contributed by atoms with Crippen LogP contribution in [0.4, 0.5) is 5.13 Å². The number of aromatic amines is 1. The molecule has 4 aromatic rings. The maximum absolute atomic E-state index is 12.2. The number of thiocyanates is 1. The van der Waals surface area contributed by atoms with Gasteiger partial charge in [-0.05, 0) is 41.9 Å². The molecule has 31 heavy (non-hydrogen) atoms. The van der Waals surface area contributed by atoms with E-state index in [0.717, 1.165) is 31.5 Å². The zero-order valence-corrected chi connectivity index (χ0v) is 17.6. The first-order chi connectivity index (χ1) is 15.0. The van der Waals surface area contributed by atoms with E-state index in [1.807, 2.05) is 41.8 Å². The molecule has 8 nitrogen and oxygen atoms in total. The van der Waals surface area contributed by atoms with Crippen molar-refractivity contribution in [3.63, 3.8) is 0 Å². The molecule has 0 unspecified atom stereocenters. The largest absolute Gasteiger partial charge is 0.494 e. The molecule has 0 bridgehead atoms. The van der Waals surface area contributed by atoms with Gasteiger partial charge in [0.2, 0.25) is 11.0 Å². The molecule has 0 saturated heterocycles. The molecule has 2 N–H and O–H groups in total. The highest BCUT2D eigenvalue weighted by Crippen LogP contribution is 2.31. The minimum atomic E-state index is -0.726. The monoisotopic (exact) mass is 449 g/mol. The molecule has 0 atom stereocenters. The van der Waals surface area contributed by atoms with Gasteiger partial charge < -0.3 is 5.11 Å². The minimum Gasteiger partial charge on any atom is -0.494 e. The number of thiazole rings is 1. The molecule has 2 aromatic heterocycles. The second kappa shape index (κ2) is 8.99. The van der Waals surface area contributed by atoms with Gasteiger partial charge in [0.15, 0.2) is 0 Å². The third-order valence-corrected chi connectivity index (χ3v) is 6.00. The zero-order chi connectivity index (χ0) is 21.8. The van der Waals surface area contributed by atoms with Crippen molar-refractivity contribution in [2.75, 3.05) is 0 Å². The van der Waals surface area contributed by atoms with E-state index in [4.69, 9.17) is 5.26 Å². The number of benzene rings is 2. The normalized spacial score (nSPS) is 11.2. The number of nitrogens with one attached hydrogen (secondary N) is 1. The van der Waals surface area contributed by atoms with Gasteiger partial charge in [0.05, 0.1) is 10.2 Å². The van der Waals surface area contributed by atoms with Crippen molar-refractivity contribution in [2.24, 2.45) is 4.99 Å². The number of H-pyrrole nitrogens is 1. The number of rotatable bonds is 6. The molecule has 2 aromatic carbocycles. The summed E-state index contributed by atoms with van der Waals surface area (Å²) >= 11 is 2.34. The van der Waals surface area contributed by atoms with Gasteiger partial charge in [-0.15, -0.1) is 0 Å².